The van der Waals surface area contributed by atoms with Crippen molar-refractivity contribution in [1.82, 2.24) is 0 Å². The Labute approximate surface area is 159 Å². The molecule has 0 fully saturated rings. The lowest BCUT2D eigenvalue weighted by Gasteiger charge is -2.06. The van der Waals surface area contributed by atoms with Crippen molar-refractivity contribution in [3.8, 4) is 0 Å². The maximum Gasteiger partial charge on any atom is 0.265 e. The summed E-state index contributed by atoms with van der Waals surface area (Å²) in [6.45, 7) is 0. The third kappa shape index (κ3) is 4.95. The Kier molecular flexibility index (Phi) is 5.91. The van der Waals surface area contributed by atoms with E-state index < -0.39 is 0 Å². The van der Waals surface area contributed by atoms with Gasteiger partial charge in [0.25, 0.3) is 5.91 Å². The van der Waals surface area contributed by atoms with E-state index >= 15 is 0 Å². The number of rotatable bonds is 6. The van der Waals surface area contributed by atoms with E-state index in [4.69, 9.17) is 11.6 Å². The molecule has 0 spiro atoms. The second-order valence-corrected chi connectivity index (χ2v) is 7.61. The highest BCUT2D eigenvalue weighted by molar-refractivity contribution is 8.00. The number of amides is 1. The minimum Gasteiger partial charge on any atom is -0.321 e. The standard InChI is InChI=1S/C19H14ClNO2S2/c20-14-5-3-13(4-6-14)17(22)12-25-16-9-7-15(8-10-16)21-19(23)18-2-1-11-24-18/h1-11H,12H2,(H,21,23). The minimum absolute atomic E-state index is 0.0525. The molecule has 3 aromatic rings. The van der Waals surface area contributed by atoms with Gasteiger partial charge in [0.1, 0.15) is 0 Å². The Morgan fingerprint density at radius 3 is 2.36 bits per heavy atom. The van der Waals surface area contributed by atoms with Crippen LogP contribution in [0.2, 0.25) is 5.02 Å². The summed E-state index contributed by atoms with van der Waals surface area (Å²) in [6.07, 6.45) is 0. The van der Waals surface area contributed by atoms with Crippen LogP contribution in [0.5, 0.6) is 0 Å². The zero-order chi connectivity index (χ0) is 17.6. The van der Waals surface area contributed by atoms with Crippen molar-refractivity contribution < 1.29 is 9.59 Å². The van der Waals surface area contributed by atoms with Crippen molar-refractivity contribution in [1.29, 1.82) is 0 Å². The number of Topliss-reactive ketones (excluding diaryl/α,β-unsaturated/α-hetero) is 1. The van der Waals surface area contributed by atoms with Gasteiger partial charge in [-0.15, -0.1) is 23.1 Å². The highest BCUT2D eigenvalue weighted by atomic mass is 35.5. The average molecular weight is 388 g/mol. The third-order valence-corrected chi connectivity index (χ3v) is 5.53. The lowest BCUT2D eigenvalue weighted by Crippen LogP contribution is -2.09. The zero-order valence-corrected chi connectivity index (χ0v) is 15.5. The van der Waals surface area contributed by atoms with Gasteiger partial charge in [0, 0.05) is 21.2 Å². The predicted octanol–water partition coefficient (Wildman–Crippen LogP) is 5.63. The van der Waals surface area contributed by atoms with Crippen LogP contribution in [0.1, 0.15) is 20.0 Å². The summed E-state index contributed by atoms with van der Waals surface area (Å²) < 4.78 is 0. The highest BCUT2D eigenvalue weighted by Crippen LogP contribution is 2.22. The Bertz CT molecular complexity index is 859. The first-order chi connectivity index (χ1) is 12.1. The molecule has 126 valence electrons. The van der Waals surface area contributed by atoms with Gasteiger partial charge in [-0.2, -0.15) is 0 Å². The molecule has 3 nitrogen and oxygen atoms in total. The van der Waals surface area contributed by atoms with Gasteiger partial charge < -0.3 is 5.32 Å². The molecule has 0 radical (unpaired) electrons. The van der Waals surface area contributed by atoms with E-state index in [0.29, 0.717) is 21.2 Å². The zero-order valence-electron chi connectivity index (χ0n) is 13.1. The molecule has 0 saturated heterocycles. The number of anilines is 1. The average Bonchev–Trinajstić information content (AvgIpc) is 3.16. The smallest absolute Gasteiger partial charge is 0.265 e. The molecular weight excluding hydrogens is 374 g/mol. The second-order valence-electron chi connectivity index (χ2n) is 5.17. The Hall–Kier alpha value is -2.08. The van der Waals surface area contributed by atoms with Crippen LogP contribution >= 0.6 is 34.7 Å². The SMILES string of the molecule is O=C(CSc1ccc(NC(=O)c2cccs2)cc1)c1ccc(Cl)cc1. The van der Waals surface area contributed by atoms with Crippen LogP contribution in [0.4, 0.5) is 5.69 Å². The summed E-state index contributed by atoms with van der Waals surface area (Å²) in [4.78, 5) is 25.8. The maximum atomic E-state index is 12.2. The molecule has 0 saturated carbocycles. The molecule has 1 aromatic heterocycles. The van der Waals surface area contributed by atoms with E-state index in [1.54, 1.807) is 30.3 Å². The van der Waals surface area contributed by atoms with Crippen molar-refractivity contribution in [2.75, 3.05) is 11.1 Å². The van der Waals surface area contributed by atoms with Gasteiger partial charge >= 0.3 is 0 Å². The first kappa shape index (κ1) is 17.7. The molecule has 0 aliphatic carbocycles. The van der Waals surface area contributed by atoms with Gasteiger partial charge in [0.2, 0.25) is 0 Å². The van der Waals surface area contributed by atoms with Gasteiger partial charge in [-0.1, -0.05) is 17.7 Å². The number of ketones is 1. The molecule has 0 aliphatic rings. The minimum atomic E-state index is -0.117. The van der Waals surface area contributed by atoms with E-state index in [2.05, 4.69) is 5.32 Å². The third-order valence-electron chi connectivity index (χ3n) is 3.39. The molecule has 25 heavy (non-hydrogen) atoms. The van der Waals surface area contributed by atoms with Crippen LogP contribution in [0.25, 0.3) is 0 Å². The van der Waals surface area contributed by atoms with Gasteiger partial charge in [-0.25, -0.2) is 0 Å². The number of carbonyl (C=O) groups excluding carboxylic acids is 2. The van der Waals surface area contributed by atoms with Crippen molar-refractivity contribution in [2.24, 2.45) is 0 Å². The molecular formula is C19H14ClNO2S2. The molecule has 0 aliphatic heterocycles. The largest absolute Gasteiger partial charge is 0.321 e. The van der Waals surface area contributed by atoms with E-state index in [0.717, 1.165) is 10.6 Å². The number of halogens is 1. The van der Waals surface area contributed by atoms with Crippen LogP contribution in [0.3, 0.4) is 0 Å². The van der Waals surface area contributed by atoms with Crippen molar-refractivity contribution in [3.63, 3.8) is 0 Å². The first-order valence-corrected chi connectivity index (χ1v) is 9.72. The summed E-state index contributed by atoms with van der Waals surface area (Å²) >= 11 is 8.69. The van der Waals surface area contributed by atoms with Gasteiger partial charge in [0.05, 0.1) is 10.6 Å². The summed E-state index contributed by atoms with van der Waals surface area (Å²) in [5.74, 6) is 0.285. The fourth-order valence-electron chi connectivity index (χ4n) is 2.10. The number of hydrogen-bond acceptors (Lipinski definition) is 4. The van der Waals surface area contributed by atoms with Gasteiger partial charge in [0.15, 0.2) is 5.78 Å². The monoisotopic (exact) mass is 387 g/mol. The number of thioether (sulfide) groups is 1. The van der Waals surface area contributed by atoms with Gasteiger partial charge in [-0.3, -0.25) is 9.59 Å². The quantitative estimate of drug-likeness (QED) is 0.440. The number of nitrogens with one attached hydrogen (secondary N) is 1. The molecule has 2 aromatic carbocycles. The fraction of sp³-hybridized carbons (Fsp3) is 0.0526. The van der Waals surface area contributed by atoms with Gasteiger partial charge in [-0.05, 0) is 60.0 Å². The summed E-state index contributed by atoms with van der Waals surface area (Å²) in [5, 5.41) is 5.33. The summed E-state index contributed by atoms with van der Waals surface area (Å²) in [7, 11) is 0. The molecule has 0 bridgehead atoms. The normalized spacial score (nSPS) is 10.4. The highest BCUT2D eigenvalue weighted by Gasteiger charge is 2.08. The topological polar surface area (TPSA) is 46.2 Å². The van der Waals surface area contributed by atoms with Crippen LogP contribution in [0.15, 0.2) is 70.9 Å². The Balaban J connectivity index is 1.54. The van der Waals surface area contributed by atoms with Crippen LogP contribution in [-0.2, 0) is 0 Å². The number of benzene rings is 2. The van der Waals surface area contributed by atoms with Crippen molar-refractivity contribution >= 4 is 52.1 Å². The lowest BCUT2D eigenvalue weighted by atomic mass is 10.1. The number of thiophene rings is 1. The molecule has 3 rings (SSSR count). The van der Waals surface area contributed by atoms with Crippen LogP contribution in [-0.4, -0.2) is 17.4 Å². The molecule has 0 atom stereocenters. The van der Waals surface area contributed by atoms with Crippen molar-refractivity contribution in [3.05, 3.63) is 81.5 Å². The second kappa shape index (κ2) is 8.34. The molecule has 1 heterocycles. The van der Waals surface area contributed by atoms with Crippen molar-refractivity contribution in [2.45, 2.75) is 4.90 Å². The first-order valence-electron chi connectivity index (χ1n) is 7.48. The van der Waals surface area contributed by atoms with E-state index in [1.165, 1.54) is 23.1 Å². The van der Waals surface area contributed by atoms with Crippen LogP contribution in [0, 0.1) is 0 Å². The predicted molar refractivity (Wildman–Crippen MR) is 105 cm³/mol. The molecule has 1 N–H and O–H groups in total. The molecule has 6 heteroatoms. The maximum absolute atomic E-state index is 12.2. The van der Waals surface area contributed by atoms with Crippen LogP contribution < -0.4 is 5.32 Å². The Morgan fingerprint density at radius 1 is 1.00 bits per heavy atom. The molecule has 0 unspecified atom stereocenters. The van der Waals surface area contributed by atoms with E-state index in [9.17, 15) is 9.59 Å². The fourth-order valence-corrected chi connectivity index (χ4v) is 3.64. The number of carbonyl (C=O) groups is 2. The Morgan fingerprint density at radius 2 is 1.72 bits per heavy atom. The van der Waals surface area contributed by atoms with E-state index in [1.807, 2.05) is 35.7 Å². The summed E-state index contributed by atoms with van der Waals surface area (Å²) in [5.41, 5.74) is 1.38. The van der Waals surface area contributed by atoms with E-state index in [-0.39, 0.29) is 11.7 Å². The summed E-state index contributed by atoms with van der Waals surface area (Å²) in [6, 6.07) is 18.0. The number of hydrogen-bond donors (Lipinski definition) is 1. The molecule has 1 amide bonds. The lowest BCUT2D eigenvalue weighted by molar-refractivity contribution is 0.101.